The van der Waals surface area contributed by atoms with Crippen LogP contribution in [0.2, 0.25) is 0 Å². The molecule has 9 heteroatoms. The first kappa shape index (κ1) is 23.7. The maximum atomic E-state index is 12.9. The molecule has 6 nitrogen and oxygen atoms in total. The fraction of sp³-hybridized carbons (Fsp3) is 0.0417. The lowest BCUT2D eigenvalue weighted by molar-refractivity contribution is -0.496. The number of allylic oxidation sites excluding steroid dienone is 1. The van der Waals surface area contributed by atoms with Gasteiger partial charge < -0.3 is 5.73 Å². The van der Waals surface area contributed by atoms with Gasteiger partial charge in [0.2, 0.25) is 5.78 Å². The molecule has 3 rings (SSSR count). The number of carbonyl (C=O) groups is 1. The monoisotopic (exact) mass is 454 g/mol. The Bertz CT molecular complexity index is 1200. The van der Waals surface area contributed by atoms with Crippen molar-refractivity contribution < 1.29 is 34.3 Å². The van der Waals surface area contributed by atoms with E-state index in [1.54, 1.807) is 41.7 Å². The van der Waals surface area contributed by atoms with Crippen molar-refractivity contribution in [1.29, 1.82) is 5.41 Å². The van der Waals surface area contributed by atoms with Gasteiger partial charge in [-0.2, -0.15) is 18.2 Å². The highest BCUT2D eigenvalue weighted by Crippen LogP contribution is 2.29. The average Bonchev–Trinajstić information content (AvgIpc) is 2.80. The first-order valence-corrected chi connectivity index (χ1v) is 9.95. The average molecular weight is 454 g/mol. The molecule has 0 fully saturated rings. The third-order valence-electron chi connectivity index (χ3n) is 4.61. The van der Waals surface area contributed by atoms with Crippen LogP contribution < -0.4 is 16.4 Å². The highest BCUT2D eigenvalue weighted by atomic mass is 19.4. The van der Waals surface area contributed by atoms with E-state index in [-0.39, 0.29) is 17.2 Å². The quantitative estimate of drug-likeness (QED) is 0.187. The molecule has 0 saturated carbocycles. The molecule has 3 aromatic rings. The highest BCUT2D eigenvalue weighted by Gasteiger charge is 2.30. The molecule has 0 spiro atoms. The number of rotatable bonds is 7. The van der Waals surface area contributed by atoms with Crippen molar-refractivity contribution in [3.63, 3.8) is 0 Å². The van der Waals surface area contributed by atoms with Gasteiger partial charge in [-0.25, -0.2) is 0 Å². The fourth-order valence-corrected chi connectivity index (χ4v) is 2.90. The molecule has 168 valence electrons. The second kappa shape index (κ2) is 10.6. The summed E-state index contributed by atoms with van der Waals surface area (Å²) in [7, 11) is 0. The van der Waals surface area contributed by atoms with Crippen LogP contribution >= 0.6 is 0 Å². The van der Waals surface area contributed by atoms with Gasteiger partial charge in [-0.3, -0.25) is 20.8 Å². The predicted molar refractivity (Wildman–Crippen MR) is 119 cm³/mol. The second-order valence-corrected chi connectivity index (χ2v) is 7.06. The molecule has 0 atom stereocenters. The van der Waals surface area contributed by atoms with Crippen molar-refractivity contribution in [2.24, 2.45) is 4.99 Å². The number of nitrogens with one attached hydrogen (secondary N) is 1. The molecule has 8 N–H and O–H groups in total. The summed E-state index contributed by atoms with van der Waals surface area (Å²) in [6, 6.07) is 20.9. The van der Waals surface area contributed by atoms with Gasteiger partial charge in [0, 0.05) is 24.3 Å². The van der Waals surface area contributed by atoms with E-state index in [0.29, 0.717) is 17.1 Å². The van der Waals surface area contributed by atoms with E-state index in [4.69, 9.17) is 5.41 Å². The number of hydrogen-bond acceptors (Lipinski definition) is 3. The molecule has 0 heterocycles. The molecule has 0 bridgehead atoms. The fourth-order valence-electron chi connectivity index (χ4n) is 2.90. The molecule has 0 aliphatic heterocycles. The minimum absolute atomic E-state index is 0.144. The Balaban J connectivity index is 1.78. The summed E-state index contributed by atoms with van der Waals surface area (Å²) in [6.45, 7) is 0. The summed E-state index contributed by atoms with van der Waals surface area (Å²) in [5.41, 5.74) is 5.11. The van der Waals surface area contributed by atoms with Crippen molar-refractivity contribution >= 4 is 40.1 Å². The zero-order valence-electron chi connectivity index (χ0n) is 17.5. The smallest absolute Gasteiger partial charge is 0.320 e. The van der Waals surface area contributed by atoms with Crippen LogP contribution in [0.4, 0.5) is 35.9 Å². The first-order valence-electron chi connectivity index (χ1n) is 9.95. The van der Waals surface area contributed by atoms with Gasteiger partial charge in [0.05, 0.1) is 11.3 Å². The largest absolute Gasteiger partial charge is 0.416 e. The van der Waals surface area contributed by atoms with E-state index in [0.717, 1.165) is 18.2 Å². The van der Waals surface area contributed by atoms with Crippen molar-refractivity contribution in [3.05, 3.63) is 96.7 Å². The Hall–Kier alpha value is -3.92. The van der Waals surface area contributed by atoms with Crippen molar-refractivity contribution in [2.75, 3.05) is 0 Å². The molecule has 3 aromatic carbocycles. The van der Waals surface area contributed by atoms with E-state index in [1.165, 1.54) is 23.6 Å². The van der Waals surface area contributed by atoms with Gasteiger partial charge >= 0.3 is 6.18 Å². The van der Waals surface area contributed by atoms with Crippen LogP contribution in [0.5, 0.6) is 0 Å². The number of para-hydroxylation sites is 2. The molecular formula is C24H23F3N5O+3. The molecule has 33 heavy (non-hydrogen) atoms. The normalized spacial score (nSPS) is 12.2. The number of nitrogens with two attached hydrogens (primary N) is 2. The van der Waals surface area contributed by atoms with E-state index < -0.39 is 17.5 Å². The standard InChI is InChI=1S/C24H20F3N5O/c25-24(26,27)16-7-6-10-18(15-16)30-14-13-21(33)22(29)23(31-17-8-2-1-3-9-17)32-20-12-5-4-11-19(20)28/h1-15,29-30H,28H2,(H,31,32)/p+3/b14-13-,29-22?. The van der Waals surface area contributed by atoms with Gasteiger partial charge in [-0.05, 0) is 24.3 Å². The first-order chi connectivity index (χ1) is 15.7. The lowest BCUT2D eigenvalue weighted by atomic mass is 10.2. The summed E-state index contributed by atoms with van der Waals surface area (Å²) in [5.74, 6) is -0.489. The number of alkyl halides is 3. The summed E-state index contributed by atoms with van der Waals surface area (Å²) in [5, 5.41) is 11.4. The number of nitrogens with zero attached hydrogens (tertiary/aromatic N) is 1. The summed E-state index contributed by atoms with van der Waals surface area (Å²) in [4.78, 5) is 17.1. The van der Waals surface area contributed by atoms with Crippen LogP contribution in [0.25, 0.3) is 0 Å². The van der Waals surface area contributed by atoms with Crippen molar-refractivity contribution in [1.82, 2.24) is 0 Å². The van der Waals surface area contributed by atoms with E-state index >= 15 is 0 Å². The van der Waals surface area contributed by atoms with Gasteiger partial charge in [0.1, 0.15) is 11.9 Å². The van der Waals surface area contributed by atoms with Crippen LogP contribution in [-0.2, 0) is 11.0 Å². The number of ketones is 1. The van der Waals surface area contributed by atoms with Crippen molar-refractivity contribution in [2.45, 2.75) is 6.18 Å². The number of halogens is 3. The molecule has 0 amide bonds. The van der Waals surface area contributed by atoms with E-state index in [9.17, 15) is 18.0 Å². The van der Waals surface area contributed by atoms with E-state index in [1.807, 2.05) is 18.2 Å². The highest BCUT2D eigenvalue weighted by molar-refractivity contribution is 6.66. The molecule has 0 unspecified atom stereocenters. The lowest BCUT2D eigenvalue weighted by Gasteiger charge is -2.06. The Kier molecular flexibility index (Phi) is 7.62. The Morgan fingerprint density at radius 3 is 2.36 bits per heavy atom. The van der Waals surface area contributed by atoms with Crippen LogP contribution in [0.1, 0.15) is 5.56 Å². The second-order valence-electron chi connectivity index (χ2n) is 7.06. The third-order valence-corrected chi connectivity index (χ3v) is 4.61. The minimum Gasteiger partial charge on any atom is -0.320 e. The Morgan fingerprint density at radius 2 is 1.67 bits per heavy atom. The lowest BCUT2D eigenvalue weighted by Crippen LogP contribution is -2.85. The maximum absolute atomic E-state index is 12.9. The molecule has 0 aliphatic rings. The number of hydrogen-bond donors (Lipinski definition) is 4. The van der Waals surface area contributed by atoms with Crippen molar-refractivity contribution in [3.8, 4) is 0 Å². The minimum atomic E-state index is -4.45. The van der Waals surface area contributed by atoms with Crippen LogP contribution in [0, 0.1) is 5.41 Å². The Labute approximate surface area is 188 Å². The van der Waals surface area contributed by atoms with Crippen LogP contribution in [-0.4, -0.2) is 17.3 Å². The molecule has 0 radical (unpaired) electrons. The molecule has 0 saturated heterocycles. The summed E-state index contributed by atoms with van der Waals surface area (Å²) < 4.78 is 38.6. The summed E-state index contributed by atoms with van der Waals surface area (Å²) in [6.07, 6.45) is -2.00. The van der Waals surface area contributed by atoms with Gasteiger partial charge in [-0.1, -0.05) is 36.4 Å². The maximum Gasteiger partial charge on any atom is 0.416 e. The zero-order chi connectivity index (χ0) is 23.8. The number of carbonyl (C=O) groups excluding carboxylic acids is 1. The van der Waals surface area contributed by atoms with Gasteiger partial charge in [0.25, 0.3) is 5.84 Å². The zero-order valence-corrected chi connectivity index (χ0v) is 17.5. The van der Waals surface area contributed by atoms with Gasteiger partial charge in [-0.15, -0.1) is 0 Å². The van der Waals surface area contributed by atoms with Crippen LogP contribution in [0.15, 0.2) is 96.1 Å². The topological polar surface area (TPSA) is 114 Å². The summed E-state index contributed by atoms with van der Waals surface area (Å²) >= 11 is 0. The number of aliphatic imine (C=N–C) groups is 1. The number of amidine groups is 1. The molecule has 0 aromatic heterocycles. The molecule has 0 aliphatic carbocycles. The third kappa shape index (κ3) is 6.78. The SMILES string of the molecule is N=C(C(=O)/C=C\[NH2+]c1cccc(C(F)(F)F)c1)C(=Nc1ccccc1)[NH2+]c1ccccc1[NH3+]. The Morgan fingerprint density at radius 1 is 0.970 bits per heavy atom. The number of benzene rings is 3. The van der Waals surface area contributed by atoms with E-state index in [2.05, 4.69) is 10.7 Å². The predicted octanol–water partition coefficient (Wildman–Crippen LogP) is 2.50. The van der Waals surface area contributed by atoms with Gasteiger partial charge in [0.15, 0.2) is 17.1 Å². The molecular weight excluding hydrogens is 431 g/mol. The number of quaternary nitrogens is 3. The van der Waals surface area contributed by atoms with Crippen LogP contribution in [0.3, 0.4) is 0 Å².